The minimum absolute atomic E-state index is 0.00829. The van der Waals surface area contributed by atoms with Crippen molar-refractivity contribution in [1.29, 1.82) is 0 Å². The molecule has 0 amide bonds. The van der Waals surface area contributed by atoms with E-state index >= 15 is 0 Å². The number of aryl methyl sites for hydroxylation is 2. The van der Waals surface area contributed by atoms with Crippen LogP contribution in [-0.4, -0.2) is 18.6 Å². The van der Waals surface area contributed by atoms with Crippen LogP contribution in [-0.2, 0) is 10.0 Å². The summed E-state index contributed by atoms with van der Waals surface area (Å²) in [5.74, 6) is -0.654. The zero-order chi connectivity index (χ0) is 15.1. The molecule has 0 aliphatic rings. The standard InChI is InChI=1S/C11H10Cl2FN3O2S/c1-5-11(6(2)16-15-5)20(18,19)17-10-8(12)3-7(14)4-9(10)13/h3-4,17H,1-2H3,(H,15,16). The molecule has 1 aromatic carbocycles. The lowest BCUT2D eigenvalue weighted by molar-refractivity contribution is 0.600. The summed E-state index contributed by atoms with van der Waals surface area (Å²) in [5.41, 5.74) is 0.614. The molecule has 0 bridgehead atoms. The zero-order valence-corrected chi connectivity index (χ0v) is 12.8. The molecule has 0 aliphatic heterocycles. The number of hydrogen-bond donors (Lipinski definition) is 2. The summed E-state index contributed by atoms with van der Waals surface area (Å²) in [6, 6.07) is 1.95. The number of aromatic amines is 1. The van der Waals surface area contributed by atoms with E-state index in [0.717, 1.165) is 12.1 Å². The molecule has 2 aromatic rings. The Morgan fingerprint density at radius 3 is 2.25 bits per heavy atom. The van der Waals surface area contributed by atoms with E-state index in [0.29, 0.717) is 11.4 Å². The summed E-state index contributed by atoms with van der Waals surface area (Å²) >= 11 is 11.6. The number of hydrogen-bond acceptors (Lipinski definition) is 3. The highest BCUT2D eigenvalue weighted by atomic mass is 35.5. The molecule has 20 heavy (non-hydrogen) atoms. The first kappa shape index (κ1) is 15.1. The fourth-order valence-corrected chi connectivity index (χ4v) is 3.90. The Morgan fingerprint density at radius 1 is 1.25 bits per heavy atom. The fourth-order valence-electron chi connectivity index (χ4n) is 1.76. The minimum Gasteiger partial charge on any atom is -0.281 e. The Hall–Kier alpha value is -1.31. The van der Waals surface area contributed by atoms with E-state index in [2.05, 4.69) is 14.9 Å². The van der Waals surface area contributed by atoms with Crippen LogP contribution in [0.15, 0.2) is 17.0 Å². The maximum absolute atomic E-state index is 13.1. The van der Waals surface area contributed by atoms with Crippen molar-refractivity contribution >= 4 is 38.9 Å². The van der Waals surface area contributed by atoms with Crippen LogP contribution in [0.2, 0.25) is 10.0 Å². The van der Waals surface area contributed by atoms with Crippen LogP contribution in [0, 0.1) is 19.7 Å². The van der Waals surface area contributed by atoms with Crippen molar-refractivity contribution in [2.45, 2.75) is 18.7 Å². The lowest BCUT2D eigenvalue weighted by atomic mass is 10.3. The van der Waals surface area contributed by atoms with E-state index in [4.69, 9.17) is 23.2 Å². The van der Waals surface area contributed by atoms with Gasteiger partial charge in [0.25, 0.3) is 10.0 Å². The van der Waals surface area contributed by atoms with Crippen LogP contribution in [0.25, 0.3) is 0 Å². The van der Waals surface area contributed by atoms with E-state index in [1.165, 1.54) is 0 Å². The Labute approximate surface area is 125 Å². The number of H-pyrrole nitrogens is 1. The Kier molecular flexibility index (Phi) is 3.95. The molecule has 0 fully saturated rings. The number of anilines is 1. The number of aromatic nitrogens is 2. The molecule has 0 atom stereocenters. The van der Waals surface area contributed by atoms with Crippen molar-refractivity contribution in [3.05, 3.63) is 39.4 Å². The lowest BCUT2D eigenvalue weighted by Gasteiger charge is -2.11. The van der Waals surface area contributed by atoms with Crippen LogP contribution >= 0.6 is 23.2 Å². The number of rotatable bonds is 3. The minimum atomic E-state index is -3.92. The molecular formula is C11H10Cl2FN3O2S. The molecule has 0 aliphatic carbocycles. The van der Waals surface area contributed by atoms with Gasteiger partial charge in [-0.05, 0) is 26.0 Å². The fraction of sp³-hybridized carbons (Fsp3) is 0.182. The van der Waals surface area contributed by atoms with Crippen LogP contribution in [0.4, 0.5) is 10.1 Å². The van der Waals surface area contributed by atoms with E-state index in [9.17, 15) is 12.8 Å². The molecule has 0 unspecified atom stereocenters. The highest BCUT2D eigenvalue weighted by molar-refractivity contribution is 7.92. The molecule has 2 N–H and O–H groups in total. The second kappa shape index (κ2) is 5.23. The van der Waals surface area contributed by atoms with Crippen molar-refractivity contribution in [2.75, 3.05) is 4.72 Å². The van der Waals surface area contributed by atoms with E-state index < -0.39 is 15.8 Å². The van der Waals surface area contributed by atoms with Crippen LogP contribution in [0.5, 0.6) is 0 Å². The summed E-state index contributed by atoms with van der Waals surface area (Å²) in [6.07, 6.45) is 0. The average molecular weight is 338 g/mol. The third-order valence-corrected chi connectivity index (χ3v) is 4.78. The number of nitrogens with one attached hydrogen (secondary N) is 2. The maximum atomic E-state index is 13.1. The van der Waals surface area contributed by atoms with E-state index in [-0.39, 0.29) is 20.6 Å². The molecule has 9 heteroatoms. The van der Waals surface area contributed by atoms with Gasteiger partial charge >= 0.3 is 0 Å². The molecule has 2 rings (SSSR count). The molecule has 0 radical (unpaired) electrons. The van der Waals surface area contributed by atoms with Crippen molar-refractivity contribution in [3.63, 3.8) is 0 Å². The lowest BCUT2D eigenvalue weighted by Crippen LogP contribution is -2.15. The van der Waals surface area contributed by atoms with Gasteiger partial charge in [0.15, 0.2) is 0 Å². The van der Waals surface area contributed by atoms with Gasteiger partial charge in [0.2, 0.25) is 0 Å². The maximum Gasteiger partial charge on any atom is 0.265 e. The molecule has 108 valence electrons. The van der Waals surface area contributed by atoms with Crippen LogP contribution < -0.4 is 4.72 Å². The highest BCUT2D eigenvalue weighted by Crippen LogP contribution is 2.33. The van der Waals surface area contributed by atoms with Gasteiger partial charge in [0.05, 0.1) is 27.1 Å². The zero-order valence-electron chi connectivity index (χ0n) is 10.5. The van der Waals surface area contributed by atoms with Gasteiger partial charge in [-0.1, -0.05) is 23.2 Å². The first-order valence-electron chi connectivity index (χ1n) is 5.41. The summed E-state index contributed by atoms with van der Waals surface area (Å²) in [5, 5.41) is 6.13. The molecule has 0 spiro atoms. The monoisotopic (exact) mass is 337 g/mol. The smallest absolute Gasteiger partial charge is 0.265 e. The van der Waals surface area contributed by atoms with Gasteiger partial charge < -0.3 is 0 Å². The highest BCUT2D eigenvalue weighted by Gasteiger charge is 2.24. The number of nitrogens with zero attached hydrogens (tertiary/aromatic N) is 1. The molecule has 1 aromatic heterocycles. The number of sulfonamides is 1. The normalized spacial score (nSPS) is 11.7. The SMILES string of the molecule is Cc1n[nH]c(C)c1S(=O)(=O)Nc1c(Cl)cc(F)cc1Cl. The van der Waals surface area contributed by atoms with Gasteiger partial charge in [-0.15, -0.1) is 0 Å². The molecule has 0 saturated heterocycles. The predicted octanol–water partition coefficient (Wildman–Crippen LogP) is 3.27. The molecule has 1 heterocycles. The van der Waals surface area contributed by atoms with Crippen molar-refractivity contribution in [1.82, 2.24) is 10.2 Å². The number of halogens is 3. The average Bonchev–Trinajstić information content (AvgIpc) is 2.64. The summed E-state index contributed by atoms with van der Waals surface area (Å²) < 4.78 is 40.0. The van der Waals surface area contributed by atoms with Crippen LogP contribution in [0.3, 0.4) is 0 Å². The first-order chi connectivity index (χ1) is 9.22. The molecule has 0 saturated carbocycles. The van der Waals surface area contributed by atoms with Gasteiger partial charge in [-0.3, -0.25) is 9.82 Å². The first-order valence-corrected chi connectivity index (χ1v) is 7.65. The van der Waals surface area contributed by atoms with Crippen molar-refractivity contribution in [3.8, 4) is 0 Å². The second-order valence-corrected chi connectivity index (χ2v) is 6.55. The third kappa shape index (κ3) is 2.74. The molecular weight excluding hydrogens is 328 g/mol. The number of benzene rings is 1. The molecule has 5 nitrogen and oxygen atoms in total. The Morgan fingerprint density at radius 2 is 1.80 bits per heavy atom. The third-order valence-electron chi connectivity index (χ3n) is 2.57. The van der Waals surface area contributed by atoms with Gasteiger partial charge in [0.1, 0.15) is 10.7 Å². The van der Waals surface area contributed by atoms with Gasteiger partial charge in [0, 0.05) is 0 Å². The summed E-state index contributed by atoms with van der Waals surface area (Å²) in [6.45, 7) is 3.12. The second-order valence-electron chi connectivity index (χ2n) is 4.11. The Bertz CT molecular complexity index is 731. The Balaban J connectivity index is 2.50. The van der Waals surface area contributed by atoms with E-state index in [1.54, 1.807) is 13.8 Å². The van der Waals surface area contributed by atoms with Crippen molar-refractivity contribution < 1.29 is 12.8 Å². The van der Waals surface area contributed by atoms with Crippen LogP contribution in [0.1, 0.15) is 11.4 Å². The van der Waals surface area contributed by atoms with Gasteiger partial charge in [-0.25, -0.2) is 12.8 Å². The topological polar surface area (TPSA) is 74.8 Å². The van der Waals surface area contributed by atoms with Crippen molar-refractivity contribution in [2.24, 2.45) is 0 Å². The largest absolute Gasteiger partial charge is 0.281 e. The summed E-state index contributed by atoms with van der Waals surface area (Å²) in [4.78, 5) is 0.00829. The summed E-state index contributed by atoms with van der Waals surface area (Å²) in [7, 11) is -3.92. The van der Waals surface area contributed by atoms with E-state index in [1.807, 2.05) is 0 Å². The quantitative estimate of drug-likeness (QED) is 0.902. The predicted molar refractivity (Wildman–Crippen MR) is 75.3 cm³/mol. The van der Waals surface area contributed by atoms with Gasteiger partial charge in [-0.2, -0.15) is 5.10 Å².